The molecule has 1 aromatic carbocycles. The van der Waals surface area contributed by atoms with Crippen molar-refractivity contribution in [2.24, 2.45) is 5.16 Å². The lowest BCUT2D eigenvalue weighted by molar-refractivity contribution is -0.0428. The fourth-order valence-electron chi connectivity index (χ4n) is 2.80. The van der Waals surface area contributed by atoms with Gasteiger partial charge in [-0.2, -0.15) is 0 Å². The zero-order chi connectivity index (χ0) is 20.1. The number of hydrogen-bond donors (Lipinski definition) is 2. The molecule has 0 aromatic heterocycles. The van der Waals surface area contributed by atoms with Crippen molar-refractivity contribution in [1.82, 2.24) is 9.80 Å². The third-order valence-corrected chi connectivity index (χ3v) is 5.52. The molecule has 0 saturated carbocycles. The van der Waals surface area contributed by atoms with Gasteiger partial charge in [-0.1, -0.05) is 16.8 Å². The van der Waals surface area contributed by atoms with Gasteiger partial charge in [-0.05, 0) is 19.1 Å². The molecule has 4 amide bonds. The number of amides is 4. The molecule has 1 saturated heterocycles. The van der Waals surface area contributed by atoms with Crippen molar-refractivity contribution in [2.45, 2.75) is 24.4 Å². The van der Waals surface area contributed by atoms with Crippen LogP contribution in [0.5, 0.6) is 0 Å². The molecule has 2 aliphatic rings. The van der Waals surface area contributed by atoms with Crippen molar-refractivity contribution >= 4 is 47.7 Å². The topological polar surface area (TPSA) is 85.7 Å². The Balaban J connectivity index is 2.05. The maximum atomic E-state index is 14.6. The first kappa shape index (κ1) is 19.7. The summed E-state index contributed by atoms with van der Waals surface area (Å²) in [5.41, 5.74) is -1.26. The quantitative estimate of drug-likeness (QED) is 0.741. The first-order valence-electron chi connectivity index (χ1n) is 7.97. The Morgan fingerprint density at radius 2 is 1.96 bits per heavy atom. The van der Waals surface area contributed by atoms with Crippen LogP contribution in [0.1, 0.15) is 18.9 Å². The number of halogens is 2. The summed E-state index contributed by atoms with van der Waals surface area (Å²) in [7, 11) is 2.90. The lowest BCUT2D eigenvalue weighted by atomic mass is 9.96. The predicted molar refractivity (Wildman–Crippen MR) is 101 cm³/mol. The first-order chi connectivity index (χ1) is 12.6. The molecular formula is C16H18ClFN4O4S. The summed E-state index contributed by atoms with van der Waals surface area (Å²) in [6, 6.07) is 0.834. The Kier molecular flexibility index (Phi) is 5.00. The van der Waals surface area contributed by atoms with Gasteiger partial charge in [-0.3, -0.25) is 9.80 Å². The molecule has 3 rings (SSSR count). The van der Waals surface area contributed by atoms with Crippen molar-refractivity contribution in [3.05, 3.63) is 28.5 Å². The SMILES string of the molecule is CN1C(=O)N(c2cc(C3=NOC(C)(CO)C3)c(Cl)cc2F)C(=O)N(C)C1S. The number of aliphatic hydroxyl groups is 1. The summed E-state index contributed by atoms with van der Waals surface area (Å²) in [6.45, 7) is 1.39. The van der Waals surface area contributed by atoms with E-state index < -0.39 is 29.0 Å². The van der Waals surface area contributed by atoms with Gasteiger partial charge < -0.3 is 9.94 Å². The normalized spacial score (nSPS) is 23.8. The van der Waals surface area contributed by atoms with E-state index in [1.165, 1.54) is 30.0 Å². The smallest absolute Gasteiger partial charge is 0.334 e. The molecule has 0 spiro atoms. The van der Waals surface area contributed by atoms with E-state index in [4.69, 9.17) is 16.4 Å². The summed E-state index contributed by atoms with van der Waals surface area (Å²) < 4.78 is 14.6. The molecule has 1 fully saturated rings. The number of hydrogen-bond acceptors (Lipinski definition) is 6. The number of nitrogens with zero attached hydrogens (tertiary/aromatic N) is 4. The van der Waals surface area contributed by atoms with Crippen molar-refractivity contribution in [1.29, 1.82) is 0 Å². The average molecular weight is 417 g/mol. The van der Waals surface area contributed by atoms with Crippen molar-refractivity contribution in [2.75, 3.05) is 25.6 Å². The fraction of sp³-hybridized carbons (Fsp3) is 0.438. The highest BCUT2D eigenvalue weighted by atomic mass is 35.5. The molecule has 1 N–H and O–H groups in total. The van der Waals surface area contributed by atoms with E-state index in [-0.39, 0.29) is 23.7 Å². The number of anilines is 1. The second-order valence-corrected chi connectivity index (χ2v) is 7.54. The third kappa shape index (κ3) is 3.21. The van der Waals surface area contributed by atoms with Crippen LogP contribution in [0.2, 0.25) is 5.02 Å². The fourth-order valence-corrected chi connectivity index (χ4v) is 3.26. The zero-order valence-corrected chi connectivity index (χ0v) is 16.5. The number of oxime groups is 1. The van der Waals surface area contributed by atoms with Gasteiger partial charge in [0.1, 0.15) is 5.82 Å². The largest absolute Gasteiger partial charge is 0.392 e. The predicted octanol–water partition coefficient (Wildman–Crippen LogP) is 2.49. The minimum Gasteiger partial charge on any atom is -0.392 e. The van der Waals surface area contributed by atoms with Crippen LogP contribution in [-0.4, -0.2) is 64.5 Å². The van der Waals surface area contributed by atoms with E-state index in [1.54, 1.807) is 6.92 Å². The van der Waals surface area contributed by atoms with Gasteiger partial charge in [0.05, 0.1) is 23.0 Å². The summed E-state index contributed by atoms with van der Waals surface area (Å²) in [5, 5.41) is 13.4. The van der Waals surface area contributed by atoms with E-state index in [0.717, 1.165) is 6.07 Å². The summed E-state index contributed by atoms with van der Waals surface area (Å²) in [5.74, 6) is -0.839. The highest BCUT2D eigenvalue weighted by molar-refractivity contribution is 7.80. The van der Waals surface area contributed by atoms with Gasteiger partial charge in [-0.25, -0.2) is 18.9 Å². The number of imide groups is 1. The maximum absolute atomic E-state index is 14.6. The standard InChI is InChI=1S/C16H18ClFN4O4S/c1-16(7-23)6-11(19-26-16)8-4-12(10(18)5-9(8)17)22-13(24)20(2)15(27)21(3)14(22)25/h4-5,15,23,27H,6-7H2,1-3H3. The van der Waals surface area contributed by atoms with Gasteiger partial charge >= 0.3 is 12.1 Å². The molecule has 146 valence electrons. The van der Waals surface area contributed by atoms with E-state index >= 15 is 0 Å². The molecule has 0 aliphatic carbocycles. The molecule has 0 bridgehead atoms. The molecule has 1 unspecified atom stereocenters. The van der Waals surface area contributed by atoms with E-state index in [0.29, 0.717) is 16.2 Å². The maximum Gasteiger partial charge on any atom is 0.334 e. The number of benzene rings is 1. The van der Waals surface area contributed by atoms with Gasteiger partial charge in [0, 0.05) is 26.1 Å². The van der Waals surface area contributed by atoms with Crippen molar-refractivity contribution < 1.29 is 23.9 Å². The number of aliphatic hydroxyl groups excluding tert-OH is 1. The molecule has 2 heterocycles. The van der Waals surface area contributed by atoms with Crippen LogP contribution >= 0.6 is 24.2 Å². The van der Waals surface area contributed by atoms with E-state index in [9.17, 15) is 19.1 Å². The number of thiol groups is 1. The summed E-state index contributed by atoms with van der Waals surface area (Å²) >= 11 is 10.3. The lowest BCUT2D eigenvalue weighted by Crippen LogP contribution is -2.62. The molecular weight excluding hydrogens is 399 g/mol. The Morgan fingerprint density at radius 1 is 1.37 bits per heavy atom. The first-order valence-corrected chi connectivity index (χ1v) is 8.86. The van der Waals surface area contributed by atoms with Crippen molar-refractivity contribution in [3.8, 4) is 0 Å². The van der Waals surface area contributed by atoms with Gasteiger partial charge in [-0.15, -0.1) is 12.6 Å². The van der Waals surface area contributed by atoms with Crippen LogP contribution in [0, 0.1) is 5.82 Å². The minimum atomic E-state index is -0.913. The average Bonchev–Trinajstić information content (AvgIpc) is 3.03. The number of rotatable bonds is 3. The monoisotopic (exact) mass is 416 g/mol. The van der Waals surface area contributed by atoms with Crippen LogP contribution in [-0.2, 0) is 4.84 Å². The van der Waals surface area contributed by atoms with E-state index in [1.807, 2.05) is 0 Å². The highest BCUT2D eigenvalue weighted by Crippen LogP contribution is 2.35. The van der Waals surface area contributed by atoms with Crippen LogP contribution in [0.4, 0.5) is 19.7 Å². The second kappa shape index (κ2) is 6.84. The molecule has 27 heavy (non-hydrogen) atoms. The van der Waals surface area contributed by atoms with Crippen LogP contribution < -0.4 is 4.90 Å². The Labute approximate surface area is 165 Å². The van der Waals surface area contributed by atoms with Crippen LogP contribution in [0.25, 0.3) is 0 Å². The highest BCUT2D eigenvalue weighted by Gasteiger charge is 2.42. The number of carbonyl (C=O) groups excluding carboxylic acids is 2. The summed E-state index contributed by atoms with van der Waals surface area (Å²) in [6.07, 6.45) is 0.231. The molecule has 8 nitrogen and oxygen atoms in total. The zero-order valence-electron chi connectivity index (χ0n) is 14.8. The second-order valence-electron chi connectivity index (χ2n) is 6.67. The minimum absolute atomic E-state index is 0.0477. The van der Waals surface area contributed by atoms with Crippen molar-refractivity contribution in [3.63, 3.8) is 0 Å². The van der Waals surface area contributed by atoms with E-state index in [2.05, 4.69) is 17.8 Å². The molecule has 1 atom stereocenters. The molecule has 1 aromatic rings. The Bertz CT molecular complexity index is 832. The Hall–Kier alpha value is -2.04. The molecule has 11 heteroatoms. The van der Waals surface area contributed by atoms with Gasteiger partial charge in [0.25, 0.3) is 0 Å². The van der Waals surface area contributed by atoms with Gasteiger partial charge in [0.15, 0.2) is 11.1 Å². The molecule has 2 aliphatic heterocycles. The lowest BCUT2D eigenvalue weighted by Gasteiger charge is -2.41. The Morgan fingerprint density at radius 3 is 2.48 bits per heavy atom. The molecule has 0 radical (unpaired) electrons. The number of urea groups is 2. The number of carbonyl (C=O) groups is 2. The van der Waals surface area contributed by atoms with Gasteiger partial charge in [0.2, 0.25) is 0 Å². The third-order valence-electron chi connectivity index (χ3n) is 4.52. The van der Waals surface area contributed by atoms with Crippen LogP contribution in [0.15, 0.2) is 17.3 Å². The summed E-state index contributed by atoms with van der Waals surface area (Å²) in [4.78, 5) is 33.5. The van der Waals surface area contributed by atoms with Crippen LogP contribution in [0.3, 0.4) is 0 Å².